The van der Waals surface area contributed by atoms with Gasteiger partial charge >= 0.3 is 0 Å². The van der Waals surface area contributed by atoms with E-state index in [-0.39, 0.29) is 17.5 Å². The first-order chi connectivity index (χ1) is 11.9. The highest BCUT2D eigenvalue weighted by Gasteiger charge is 2.11. The average molecular weight is 381 g/mol. The van der Waals surface area contributed by atoms with Crippen LogP contribution in [0.3, 0.4) is 0 Å². The molecule has 3 rings (SSSR count). The number of aromatic nitrogens is 2. The van der Waals surface area contributed by atoms with Crippen LogP contribution in [0.15, 0.2) is 42.5 Å². The van der Waals surface area contributed by atoms with Gasteiger partial charge in [0.25, 0.3) is 0 Å². The van der Waals surface area contributed by atoms with Gasteiger partial charge in [-0.3, -0.25) is 0 Å². The number of nitrogens with zero attached hydrogens (tertiary/aromatic N) is 2. The van der Waals surface area contributed by atoms with Crippen LogP contribution in [0.5, 0.6) is 0 Å². The van der Waals surface area contributed by atoms with Crippen molar-refractivity contribution >= 4 is 46.3 Å². The molecule has 0 saturated carbocycles. The second kappa shape index (κ2) is 7.21. The summed E-state index contributed by atoms with van der Waals surface area (Å²) in [6, 6.07) is 10.1. The van der Waals surface area contributed by atoms with Crippen molar-refractivity contribution in [2.24, 2.45) is 0 Å². The van der Waals surface area contributed by atoms with Gasteiger partial charge in [0.05, 0.1) is 10.7 Å². The molecule has 1 heterocycles. The Hall–Kier alpha value is -2.44. The van der Waals surface area contributed by atoms with Crippen molar-refractivity contribution < 1.29 is 8.78 Å². The maximum Gasteiger partial charge on any atom is 0.229 e. The fraction of sp³-hybridized carbons (Fsp3) is 0.0588. The maximum absolute atomic E-state index is 13.8. The molecule has 0 aliphatic heterocycles. The summed E-state index contributed by atoms with van der Waals surface area (Å²) in [6.07, 6.45) is 0. The molecule has 0 saturated heterocycles. The smallest absolute Gasteiger partial charge is 0.229 e. The number of hydrogen-bond donors (Lipinski definition) is 2. The van der Waals surface area contributed by atoms with Crippen molar-refractivity contribution in [3.05, 3.63) is 69.8 Å². The molecule has 0 amide bonds. The number of nitrogens with one attached hydrogen (secondary N) is 2. The Morgan fingerprint density at radius 2 is 1.64 bits per heavy atom. The summed E-state index contributed by atoms with van der Waals surface area (Å²) in [7, 11) is 0. The van der Waals surface area contributed by atoms with Gasteiger partial charge in [0.2, 0.25) is 5.95 Å². The average Bonchev–Trinajstić information content (AvgIpc) is 2.54. The van der Waals surface area contributed by atoms with Crippen LogP contribution < -0.4 is 10.6 Å². The lowest BCUT2D eigenvalue weighted by molar-refractivity contribution is 0.590. The van der Waals surface area contributed by atoms with Gasteiger partial charge < -0.3 is 10.6 Å². The topological polar surface area (TPSA) is 49.8 Å². The van der Waals surface area contributed by atoms with Gasteiger partial charge in [-0.05, 0) is 37.3 Å². The molecule has 8 heteroatoms. The monoisotopic (exact) mass is 380 g/mol. The first-order valence-corrected chi connectivity index (χ1v) is 7.97. The molecule has 0 spiro atoms. The van der Waals surface area contributed by atoms with E-state index in [1.807, 2.05) is 0 Å². The van der Waals surface area contributed by atoms with E-state index in [2.05, 4.69) is 20.6 Å². The van der Waals surface area contributed by atoms with Crippen LogP contribution in [0.1, 0.15) is 5.69 Å². The van der Waals surface area contributed by atoms with Crippen molar-refractivity contribution in [3.63, 3.8) is 0 Å². The van der Waals surface area contributed by atoms with Crippen LogP contribution in [-0.2, 0) is 0 Å². The Kier molecular flexibility index (Phi) is 5.01. The summed E-state index contributed by atoms with van der Waals surface area (Å²) in [5.74, 6) is -0.993. The normalized spacial score (nSPS) is 10.6. The highest BCUT2D eigenvalue weighted by atomic mass is 35.5. The molecular weight excluding hydrogens is 369 g/mol. The summed E-state index contributed by atoms with van der Waals surface area (Å²) in [6.45, 7) is 1.73. The Balaban J connectivity index is 1.92. The molecule has 128 valence electrons. The Morgan fingerprint density at radius 1 is 0.920 bits per heavy atom. The van der Waals surface area contributed by atoms with E-state index >= 15 is 0 Å². The number of anilines is 4. The zero-order valence-electron chi connectivity index (χ0n) is 12.9. The third kappa shape index (κ3) is 4.15. The molecule has 2 aromatic carbocycles. The van der Waals surface area contributed by atoms with Gasteiger partial charge in [-0.2, -0.15) is 4.98 Å². The summed E-state index contributed by atoms with van der Waals surface area (Å²) in [4.78, 5) is 8.44. The van der Waals surface area contributed by atoms with Gasteiger partial charge in [0, 0.05) is 16.8 Å². The van der Waals surface area contributed by atoms with Crippen LogP contribution >= 0.6 is 23.2 Å². The molecule has 0 unspecified atom stereocenters. The number of aryl methyl sites for hydroxylation is 1. The number of hydrogen-bond acceptors (Lipinski definition) is 4. The van der Waals surface area contributed by atoms with E-state index in [9.17, 15) is 8.78 Å². The van der Waals surface area contributed by atoms with Crippen molar-refractivity contribution in [3.8, 4) is 0 Å². The molecule has 25 heavy (non-hydrogen) atoms. The first kappa shape index (κ1) is 17.4. The molecule has 0 aliphatic carbocycles. The second-order valence-electron chi connectivity index (χ2n) is 5.19. The third-order valence-corrected chi connectivity index (χ3v) is 3.81. The molecule has 2 N–H and O–H groups in total. The Labute approximate surface area is 152 Å². The van der Waals surface area contributed by atoms with E-state index in [1.54, 1.807) is 31.2 Å². The van der Waals surface area contributed by atoms with E-state index in [1.165, 1.54) is 6.07 Å². The van der Waals surface area contributed by atoms with Crippen LogP contribution in [0, 0.1) is 18.6 Å². The predicted octanol–water partition coefficient (Wildman–Crippen LogP) is 5.86. The zero-order chi connectivity index (χ0) is 18.0. The summed E-state index contributed by atoms with van der Waals surface area (Å²) in [5.41, 5.74) is 0.824. The van der Waals surface area contributed by atoms with Gasteiger partial charge in [0.15, 0.2) is 0 Å². The SMILES string of the molecule is Cc1cc(Nc2c(F)cccc2F)nc(Nc2cc(Cl)ccc2Cl)n1. The fourth-order valence-electron chi connectivity index (χ4n) is 2.15. The first-order valence-electron chi connectivity index (χ1n) is 7.21. The minimum absolute atomic E-state index is 0.211. The second-order valence-corrected chi connectivity index (χ2v) is 6.03. The van der Waals surface area contributed by atoms with Crippen molar-refractivity contribution in [2.45, 2.75) is 6.92 Å². The van der Waals surface area contributed by atoms with Crippen LogP contribution in [0.4, 0.5) is 31.9 Å². The standard InChI is InChI=1S/C17H12Cl2F2N4/c1-9-7-15(24-16-12(20)3-2-4-13(16)21)25-17(22-9)23-14-8-10(18)5-6-11(14)19/h2-8H,1H3,(H2,22,23,24,25). The Morgan fingerprint density at radius 3 is 2.36 bits per heavy atom. The van der Waals surface area contributed by atoms with Gasteiger partial charge in [-0.25, -0.2) is 13.8 Å². The zero-order valence-corrected chi connectivity index (χ0v) is 14.5. The highest BCUT2D eigenvalue weighted by Crippen LogP contribution is 2.28. The number of benzene rings is 2. The lowest BCUT2D eigenvalue weighted by atomic mass is 10.3. The largest absolute Gasteiger partial charge is 0.335 e. The molecule has 1 aromatic heterocycles. The van der Waals surface area contributed by atoms with Gasteiger partial charge in [0.1, 0.15) is 23.1 Å². The van der Waals surface area contributed by atoms with Crippen molar-refractivity contribution in [1.82, 2.24) is 9.97 Å². The Bertz CT molecular complexity index is 914. The molecule has 0 aliphatic rings. The van der Waals surface area contributed by atoms with Crippen molar-refractivity contribution in [2.75, 3.05) is 10.6 Å². The minimum Gasteiger partial charge on any atom is -0.335 e. The summed E-state index contributed by atoms with van der Waals surface area (Å²) >= 11 is 12.1. The lowest BCUT2D eigenvalue weighted by Crippen LogP contribution is -2.04. The lowest BCUT2D eigenvalue weighted by Gasteiger charge is -2.12. The minimum atomic E-state index is -0.719. The molecule has 3 aromatic rings. The van der Waals surface area contributed by atoms with Gasteiger partial charge in [-0.15, -0.1) is 0 Å². The maximum atomic E-state index is 13.8. The summed E-state index contributed by atoms with van der Waals surface area (Å²) in [5, 5.41) is 6.50. The molecule has 0 bridgehead atoms. The number of para-hydroxylation sites is 1. The van der Waals surface area contributed by atoms with Crippen molar-refractivity contribution in [1.29, 1.82) is 0 Å². The van der Waals surface area contributed by atoms with Crippen LogP contribution in [-0.4, -0.2) is 9.97 Å². The van der Waals surface area contributed by atoms with E-state index < -0.39 is 11.6 Å². The quantitative estimate of drug-likeness (QED) is 0.595. The molecular formula is C17H12Cl2F2N4. The molecule has 0 atom stereocenters. The predicted molar refractivity (Wildman–Crippen MR) is 96.2 cm³/mol. The fourth-order valence-corrected chi connectivity index (χ4v) is 2.48. The van der Waals surface area contributed by atoms with E-state index in [0.29, 0.717) is 21.4 Å². The molecule has 0 fully saturated rings. The van der Waals surface area contributed by atoms with Gasteiger partial charge in [-0.1, -0.05) is 29.3 Å². The molecule has 4 nitrogen and oxygen atoms in total. The number of halogens is 4. The van der Waals surface area contributed by atoms with E-state index in [4.69, 9.17) is 23.2 Å². The third-order valence-electron chi connectivity index (χ3n) is 3.24. The molecule has 0 radical (unpaired) electrons. The van der Waals surface area contributed by atoms with Crippen LogP contribution in [0.25, 0.3) is 0 Å². The van der Waals surface area contributed by atoms with E-state index in [0.717, 1.165) is 12.1 Å². The number of rotatable bonds is 4. The highest BCUT2D eigenvalue weighted by molar-refractivity contribution is 6.35. The summed E-state index contributed by atoms with van der Waals surface area (Å²) < 4.78 is 27.6. The van der Waals surface area contributed by atoms with Crippen LogP contribution in [0.2, 0.25) is 10.0 Å².